The molecule has 0 atom stereocenters. The lowest BCUT2D eigenvalue weighted by molar-refractivity contribution is 0.736. The molecule has 0 amide bonds. The smallest absolute Gasteiger partial charge is 0.162 e. The summed E-state index contributed by atoms with van der Waals surface area (Å²) in [4.78, 5) is 13.5. The van der Waals surface area contributed by atoms with Crippen molar-refractivity contribution in [2.45, 2.75) is 0 Å². The molecule has 0 bridgehead atoms. The number of aromatic nitrogens is 6. The maximum atomic E-state index is 4.77. The van der Waals surface area contributed by atoms with E-state index in [4.69, 9.17) is 9.97 Å². The van der Waals surface area contributed by atoms with Crippen LogP contribution in [0.3, 0.4) is 0 Å². The number of benzene rings is 2. The van der Waals surface area contributed by atoms with E-state index >= 15 is 0 Å². The van der Waals surface area contributed by atoms with Crippen LogP contribution < -0.4 is 5.32 Å². The second kappa shape index (κ2) is 6.14. The zero-order chi connectivity index (χ0) is 18.2. The van der Waals surface area contributed by atoms with Crippen molar-refractivity contribution in [1.82, 2.24) is 29.9 Å². The number of pyridine rings is 1. The molecule has 0 saturated heterocycles. The van der Waals surface area contributed by atoms with Gasteiger partial charge in [0.05, 0.1) is 11.0 Å². The van der Waals surface area contributed by atoms with E-state index in [2.05, 4.69) is 20.6 Å². The highest BCUT2D eigenvalue weighted by Crippen LogP contribution is 2.28. The monoisotopic (exact) mass is 353 g/mol. The molecule has 3 heterocycles. The molecule has 7 nitrogen and oxygen atoms in total. The standard InChI is InChI=1S/C20H15N7/c1-27-18-12-14(6-7-17(18)25-26-27)22-20-15-4-2-3-5-16(15)23-19(24-20)13-8-10-21-11-9-13/h2-12H,1H3,(H,22,23,24). The number of para-hydroxylation sites is 1. The number of hydrogen-bond donors (Lipinski definition) is 1. The van der Waals surface area contributed by atoms with Crippen LogP contribution in [0.2, 0.25) is 0 Å². The molecular weight excluding hydrogens is 338 g/mol. The number of rotatable bonds is 3. The predicted molar refractivity (Wildman–Crippen MR) is 105 cm³/mol. The maximum absolute atomic E-state index is 4.77. The van der Waals surface area contributed by atoms with Crippen molar-refractivity contribution in [2.24, 2.45) is 7.05 Å². The Balaban J connectivity index is 1.65. The van der Waals surface area contributed by atoms with Gasteiger partial charge in [-0.2, -0.15) is 0 Å². The lowest BCUT2D eigenvalue weighted by Crippen LogP contribution is -1.99. The van der Waals surface area contributed by atoms with E-state index < -0.39 is 0 Å². The summed E-state index contributed by atoms with van der Waals surface area (Å²) in [6, 6.07) is 17.7. The highest BCUT2D eigenvalue weighted by atomic mass is 15.4. The molecule has 0 aliphatic carbocycles. The zero-order valence-electron chi connectivity index (χ0n) is 14.5. The molecule has 5 aromatic rings. The first-order valence-corrected chi connectivity index (χ1v) is 8.51. The molecule has 0 spiro atoms. The van der Waals surface area contributed by atoms with E-state index in [1.807, 2.05) is 61.6 Å². The van der Waals surface area contributed by atoms with Crippen molar-refractivity contribution in [2.75, 3.05) is 5.32 Å². The Morgan fingerprint density at radius 2 is 1.74 bits per heavy atom. The fraction of sp³-hybridized carbons (Fsp3) is 0.0500. The van der Waals surface area contributed by atoms with Crippen LogP contribution in [0.1, 0.15) is 0 Å². The normalized spacial score (nSPS) is 11.1. The quantitative estimate of drug-likeness (QED) is 0.532. The predicted octanol–water partition coefficient (Wildman–Crippen LogP) is 3.72. The summed E-state index contributed by atoms with van der Waals surface area (Å²) >= 11 is 0. The van der Waals surface area contributed by atoms with E-state index in [1.165, 1.54) is 0 Å². The minimum atomic E-state index is 0.655. The van der Waals surface area contributed by atoms with Crippen LogP contribution in [0.4, 0.5) is 11.5 Å². The lowest BCUT2D eigenvalue weighted by atomic mass is 10.2. The SMILES string of the molecule is Cn1nnc2ccc(Nc3nc(-c4ccncc4)nc4ccccc34)cc21. The first-order valence-electron chi connectivity index (χ1n) is 8.51. The summed E-state index contributed by atoms with van der Waals surface area (Å²) in [6.07, 6.45) is 3.48. The molecule has 5 rings (SSSR count). The number of fused-ring (bicyclic) bond motifs is 2. The van der Waals surface area contributed by atoms with Gasteiger partial charge in [0, 0.05) is 36.1 Å². The average Bonchev–Trinajstić information content (AvgIpc) is 3.09. The lowest BCUT2D eigenvalue weighted by Gasteiger charge is -2.11. The number of hydrogen-bond acceptors (Lipinski definition) is 6. The Hall–Kier alpha value is -3.87. The van der Waals surface area contributed by atoms with Crippen LogP contribution in [0, 0.1) is 0 Å². The summed E-state index contributed by atoms with van der Waals surface area (Å²) in [5.41, 5.74) is 4.52. The van der Waals surface area contributed by atoms with Crippen LogP contribution in [0.25, 0.3) is 33.3 Å². The summed E-state index contributed by atoms with van der Waals surface area (Å²) in [5, 5.41) is 12.6. The Kier molecular flexibility index (Phi) is 3.50. The molecular formula is C20H15N7. The number of nitrogens with one attached hydrogen (secondary N) is 1. The van der Waals surface area contributed by atoms with Gasteiger partial charge >= 0.3 is 0 Å². The van der Waals surface area contributed by atoms with Crippen molar-refractivity contribution in [3.05, 3.63) is 67.0 Å². The van der Waals surface area contributed by atoms with Gasteiger partial charge in [-0.05, 0) is 42.5 Å². The molecule has 2 aromatic carbocycles. The fourth-order valence-corrected chi connectivity index (χ4v) is 3.05. The van der Waals surface area contributed by atoms with E-state index in [1.54, 1.807) is 17.1 Å². The van der Waals surface area contributed by atoms with Crippen molar-refractivity contribution in [3.63, 3.8) is 0 Å². The largest absolute Gasteiger partial charge is 0.340 e. The molecule has 1 N–H and O–H groups in total. The summed E-state index contributed by atoms with van der Waals surface area (Å²) < 4.78 is 1.75. The molecule has 7 heteroatoms. The molecule has 0 fully saturated rings. The van der Waals surface area contributed by atoms with Gasteiger partial charge in [0.1, 0.15) is 11.3 Å². The summed E-state index contributed by atoms with van der Waals surface area (Å²) in [6.45, 7) is 0. The third kappa shape index (κ3) is 2.75. The molecule has 0 unspecified atom stereocenters. The number of anilines is 2. The van der Waals surface area contributed by atoms with Crippen LogP contribution in [0.5, 0.6) is 0 Å². The molecule has 0 aliphatic rings. The second-order valence-corrected chi connectivity index (χ2v) is 6.19. The first kappa shape index (κ1) is 15.4. The van der Waals surface area contributed by atoms with Crippen LogP contribution >= 0.6 is 0 Å². The molecule has 3 aromatic heterocycles. The maximum Gasteiger partial charge on any atom is 0.162 e. The van der Waals surface area contributed by atoms with Gasteiger partial charge in [-0.15, -0.1) is 5.10 Å². The van der Waals surface area contributed by atoms with Gasteiger partial charge < -0.3 is 5.32 Å². The molecule has 0 saturated carbocycles. The van der Waals surface area contributed by atoms with Crippen LogP contribution in [-0.2, 0) is 7.05 Å². The van der Waals surface area contributed by atoms with Crippen molar-refractivity contribution < 1.29 is 0 Å². The van der Waals surface area contributed by atoms with Crippen LogP contribution in [0.15, 0.2) is 67.0 Å². The summed E-state index contributed by atoms with van der Waals surface area (Å²) in [5.74, 6) is 1.41. The fourth-order valence-electron chi connectivity index (χ4n) is 3.05. The van der Waals surface area contributed by atoms with Crippen molar-refractivity contribution in [3.8, 4) is 11.4 Å². The van der Waals surface area contributed by atoms with E-state index in [0.29, 0.717) is 5.82 Å². The minimum absolute atomic E-state index is 0.655. The highest BCUT2D eigenvalue weighted by molar-refractivity contribution is 5.93. The van der Waals surface area contributed by atoms with Gasteiger partial charge in [-0.1, -0.05) is 17.3 Å². The molecule has 27 heavy (non-hydrogen) atoms. The second-order valence-electron chi connectivity index (χ2n) is 6.19. The average molecular weight is 353 g/mol. The van der Waals surface area contributed by atoms with E-state index in [0.717, 1.165) is 39.0 Å². The molecule has 0 aliphatic heterocycles. The minimum Gasteiger partial charge on any atom is -0.340 e. The topological polar surface area (TPSA) is 81.4 Å². The Morgan fingerprint density at radius 3 is 2.63 bits per heavy atom. The Bertz CT molecular complexity index is 1260. The Morgan fingerprint density at radius 1 is 0.889 bits per heavy atom. The van der Waals surface area contributed by atoms with Gasteiger partial charge in [0.2, 0.25) is 0 Å². The first-order chi connectivity index (χ1) is 13.3. The van der Waals surface area contributed by atoms with E-state index in [9.17, 15) is 0 Å². The zero-order valence-corrected chi connectivity index (χ0v) is 14.5. The van der Waals surface area contributed by atoms with Gasteiger partial charge in [-0.3, -0.25) is 4.98 Å². The van der Waals surface area contributed by atoms with Gasteiger partial charge in [0.25, 0.3) is 0 Å². The third-order valence-corrected chi connectivity index (χ3v) is 4.42. The number of nitrogens with zero attached hydrogens (tertiary/aromatic N) is 6. The van der Waals surface area contributed by atoms with Crippen molar-refractivity contribution in [1.29, 1.82) is 0 Å². The van der Waals surface area contributed by atoms with Crippen molar-refractivity contribution >= 4 is 33.4 Å². The van der Waals surface area contributed by atoms with Crippen LogP contribution in [-0.4, -0.2) is 29.9 Å². The Labute approximate surface area is 154 Å². The van der Waals surface area contributed by atoms with Gasteiger partial charge in [-0.25, -0.2) is 14.6 Å². The highest BCUT2D eigenvalue weighted by Gasteiger charge is 2.10. The molecule has 130 valence electrons. The third-order valence-electron chi connectivity index (χ3n) is 4.42. The van der Waals surface area contributed by atoms with Gasteiger partial charge in [0.15, 0.2) is 5.82 Å². The summed E-state index contributed by atoms with van der Waals surface area (Å²) in [7, 11) is 1.88. The number of aryl methyl sites for hydroxylation is 1. The molecule has 0 radical (unpaired) electrons. The van der Waals surface area contributed by atoms with E-state index in [-0.39, 0.29) is 0 Å².